The van der Waals surface area contributed by atoms with Crippen molar-refractivity contribution < 1.29 is 13.2 Å². The lowest BCUT2D eigenvalue weighted by Gasteiger charge is -2.17. The van der Waals surface area contributed by atoms with Crippen molar-refractivity contribution in [2.24, 2.45) is 0 Å². The van der Waals surface area contributed by atoms with Gasteiger partial charge in [-0.05, 0) is 42.8 Å². The van der Waals surface area contributed by atoms with E-state index in [0.29, 0.717) is 15.6 Å². The van der Waals surface area contributed by atoms with Gasteiger partial charge in [0, 0.05) is 24.1 Å². The van der Waals surface area contributed by atoms with Gasteiger partial charge >= 0.3 is 0 Å². The third-order valence-electron chi connectivity index (χ3n) is 3.74. The number of benzene rings is 2. The minimum atomic E-state index is -3.68. The third kappa shape index (κ3) is 4.50. The van der Waals surface area contributed by atoms with Gasteiger partial charge in [-0.1, -0.05) is 40.9 Å². The molecule has 1 amide bonds. The second kappa shape index (κ2) is 8.15. The van der Waals surface area contributed by atoms with E-state index in [1.165, 1.54) is 32.3 Å². The van der Waals surface area contributed by atoms with Crippen LogP contribution in [0.3, 0.4) is 0 Å². The number of hydrogen-bond donors (Lipinski definition) is 1. The highest BCUT2D eigenvalue weighted by Crippen LogP contribution is 2.27. The Labute approximate surface area is 167 Å². The van der Waals surface area contributed by atoms with Crippen molar-refractivity contribution in [1.82, 2.24) is 9.62 Å². The number of nitrogens with zero attached hydrogens (tertiary/aromatic N) is 1. The molecular formula is C17H17Cl3N2O3S. The molecule has 0 saturated carbocycles. The predicted molar refractivity (Wildman–Crippen MR) is 105 cm³/mol. The van der Waals surface area contributed by atoms with Crippen molar-refractivity contribution in [2.75, 3.05) is 14.1 Å². The Kier molecular flexibility index (Phi) is 6.58. The molecule has 0 aliphatic rings. The molecule has 1 unspecified atom stereocenters. The molecule has 0 saturated heterocycles. The number of carbonyl (C=O) groups is 1. The lowest BCUT2D eigenvalue weighted by atomic mass is 10.1. The van der Waals surface area contributed by atoms with E-state index in [0.717, 1.165) is 4.31 Å². The fourth-order valence-corrected chi connectivity index (χ4v) is 3.96. The first-order valence-electron chi connectivity index (χ1n) is 7.52. The number of rotatable bonds is 5. The van der Waals surface area contributed by atoms with E-state index in [9.17, 15) is 13.2 Å². The van der Waals surface area contributed by atoms with Gasteiger partial charge in [-0.2, -0.15) is 0 Å². The molecule has 5 nitrogen and oxygen atoms in total. The van der Waals surface area contributed by atoms with Crippen LogP contribution in [0.2, 0.25) is 15.1 Å². The fraction of sp³-hybridized carbons (Fsp3) is 0.235. The molecule has 0 aliphatic heterocycles. The maximum atomic E-state index is 12.6. The van der Waals surface area contributed by atoms with Crippen LogP contribution in [-0.2, 0) is 10.0 Å². The second-order valence-electron chi connectivity index (χ2n) is 5.79. The van der Waals surface area contributed by atoms with Gasteiger partial charge in [-0.25, -0.2) is 12.7 Å². The quantitative estimate of drug-likeness (QED) is 0.757. The molecule has 2 aromatic carbocycles. The first-order valence-corrected chi connectivity index (χ1v) is 10.1. The molecule has 0 aliphatic carbocycles. The first kappa shape index (κ1) is 21.0. The zero-order chi connectivity index (χ0) is 19.6. The fourth-order valence-electron chi connectivity index (χ4n) is 2.25. The van der Waals surface area contributed by atoms with Crippen LogP contribution in [-0.4, -0.2) is 32.7 Å². The van der Waals surface area contributed by atoms with Gasteiger partial charge in [0.2, 0.25) is 10.0 Å². The van der Waals surface area contributed by atoms with E-state index in [2.05, 4.69) is 5.32 Å². The highest BCUT2D eigenvalue weighted by molar-refractivity contribution is 7.89. The Hall–Kier alpha value is -1.31. The van der Waals surface area contributed by atoms with E-state index in [1.807, 2.05) is 0 Å². The van der Waals surface area contributed by atoms with Crippen LogP contribution < -0.4 is 5.32 Å². The molecule has 0 bridgehead atoms. The molecule has 2 rings (SSSR count). The molecule has 1 N–H and O–H groups in total. The van der Waals surface area contributed by atoms with Gasteiger partial charge < -0.3 is 5.32 Å². The van der Waals surface area contributed by atoms with E-state index >= 15 is 0 Å². The van der Waals surface area contributed by atoms with Crippen LogP contribution in [0, 0.1) is 0 Å². The lowest BCUT2D eigenvalue weighted by molar-refractivity contribution is 0.0940. The summed E-state index contributed by atoms with van der Waals surface area (Å²) in [5, 5.41) is 3.81. The molecule has 26 heavy (non-hydrogen) atoms. The smallest absolute Gasteiger partial charge is 0.253 e. The lowest BCUT2D eigenvalue weighted by Crippen LogP contribution is -2.28. The number of sulfonamides is 1. The van der Waals surface area contributed by atoms with Crippen molar-refractivity contribution in [3.05, 3.63) is 62.6 Å². The molecular weight excluding hydrogens is 419 g/mol. The molecule has 2 aromatic rings. The maximum Gasteiger partial charge on any atom is 0.253 e. The molecule has 0 radical (unpaired) electrons. The summed E-state index contributed by atoms with van der Waals surface area (Å²) in [6.45, 7) is 1.75. The summed E-state index contributed by atoms with van der Waals surface area (Å²) in [5.41, 5.74) is 0.740. The van der Waals surface area contributed by atoms with Crippen LogP contribution >= 0.6 is 34.8 Å². The Morgan fingerprint density at radius 3 is 2.27 bits per heavy atom. The standard InChI is InChI=1S/C17H17Cl3N2O3S/c1-10(13-6-4-11(18)8-16(13)20)21-17(23)14-9-12(5-7-15(14)19)26(24,25)22(2)3/h4-10H,1-3H3,(H,21,23). The van der Waals surface area contributed by atoms with Gasteiger partial charge in [0.25, 0.3) is 5.91 Å². The molecule has 140 valence electrons. The summed E-state index contributed by atoms with van der Waals surface area (Å²) >= 11 is 18.1. The van der Waals surface area contributed by atoms with Gasteiger partial charge in [0.05, 0.1) is 21.5 Å². The Morgan fingerprint density at radius 1 is 1.04 bits per heavy atom. The van der Waals surface area contributed by atoms with Gasteiger partial charge in [0.1, 0.15) is 0 Å². The van der Waals surface area contributed by atoms with Crippen LogP contribution in [0.4, 0.5) is 0 Å². The van der Waals surface area contributed by atoms with E-state index in [1.54, 1.807) is 25.1 Å². The van der Waals surface area contributed by atoms with Gasteiger partial charge in [-0.15, -0.1) is 0 Å². The highest BCUT2D eigenvalue weighted by atomic mass is 35.5. The van der Waals surface area contributed by atoms with E-state index < -0.39 is 22.0 Å². The van der Waals surface area contributed by atoms with E-state index in [-0.39, 0.29) is 15.5 Å². The minimum Gasteiger partial charge on any atom is -0.345 e. The Bertz CT molecular complexity index is 946. The third-order valence-corrected chi connectivity index (χ3v) is 6.44. The number of amides is 1. The van der Waals surface area contributed by atoms with E-state index in [4.69, 9.17) is 34.8 Å². The number of carbonyl (C=O) groups excluding carboxylic acids is 1. The molecule has 0 heterocycles. The van der Waals surface area contributed by atoms with Gasteiger partial charge in [-0.3, -0.25) is 4.79 Å². The highest BCUT2D eigenvalue weighted by Gasteiger charge is 2.22. The minimum absolute atomic E-state index is 0.0192. The van der Waals surface area contributed by atoms with Crippen LogP contribution in [0.25, 0.3) is 0 Å². The largest absolute Gasteiger partial charge is 0.345 e. The van der Waals surface area contributed by atoms with Crippen molar-refractivity contribution in [3.63, 3.8) is 0 Å². The monoisotopic (exact) mass is 434 g/mol. The Balaban J connectivity index is 2.32. The molecule has 0 aromatic heterocycles. The average molecular weight is 436 g/mol. The summed E-state index contributed by atoms with van der Waals surface area (Å²) in [6.07, 6.45) is 0. The van der Waals surface area contributed by atoms with Crippen LogP contribution in [0.15, 0.2) is 41.3 Å². The number of hydrogen-bond acceptors (Lipinski definition) is 3. The molecule has 0 fully saturated rings. The van der Waals surface area contributed by atoms with Crippen molar-refractivity contribution in [1.29, 1.82) is 0 Å². The van der Waals surface area contributed by atoms with Crippen LogP contribution in [0.1, 0.15) is 28.9 Å². The summed E-state index contributed by atoms with van der Waals surface area (Å²) in [5.74, 6) is -0.510. The average Bonchev–Trinajstić information content (AvgIpc) is 2.54. The summed E-state index contributed by atoms with van der Waals surface area (Å²) in [6, 6.07) is 8.52. The zero-order valence-corrected chi connectivity index (χ0v) is 17.3. The second-order valence-corrected chi connectivity index (χ2v) is 9.19. The topological polar surface area (TPSA) is 66.5 Å². The molecule has 1 atom stereocenters. The normalized spacial score (nSPS) is 12.9. The van der Waals surface area contributed by atoms with Crippen molar-refractivity contribution in [2.45, 2.75) is 17.9 Å². The summed E-state index contributed by atoms with van der Waals surface area (Å²) in [4.78, 5) is 12.6. The van der Waals surface area contributed by atoms with Crippen molar-refractivity contribution in [3.8, 4) is 0 Å². The number of nitrogens with one attached hydrogen (secondary N) is 1. The molecule has 0 spiro atoms. The Morgan fingerprint density at radius 2 is 1.69 bits per heavy atom. The zero-order valence-electron chi connectivity index (χ0n) is 14.3. The molecule has 9 heteroatoms. The maximum absolute atomic E-state index is 12.6. The first-order chi connectivity index (χ1) is 12.0. The predicted octanol–water partition coefficient (Wildman–Crippen LogP) is 4.39. The SMILES string of the molecule is CC(NC(=O)c1cc(S(=O)(=O)N(C)C)ccc1Cl)c1ccc(Cl)cc1Cl. The number of halogens is 3. The van der Waals surface area contributed by atoms with Crippen molar-refractivity contribution >= 4 is 50.7 Å². The van der Waals surface area contributed by atoms with Gasteiger partial charge in [0.15, 0.2) is 0 Å². The summed E-state index contributed by atoms with van der Waals surface area (Å²) < 4.78 is 25.6. The summed E-state index contributed by atoms with van der Waals surface area (Å²) in [7, 11) is -0.861. The van der Waals surface area contributed by atoms with Crippen LogP contribution in [0.5, 0.6) is 0 Å².